The van der Waals surface area contributed by atoms with Gasteiger partial charge in [-0.25, -0.2) is 4.79 Å². The fourth-order valence-corrected chi connectivity index (χ4v) is 4.98. The Morgan fingerprint density at radius 3 is 2.38 bits per heavy atom. The van der Waals surface area contributed by atoms with E-state index in [0.717, 1.165) is 30.8 Å². The van der Waals surface area contributed by atoms with E-state index in [2.05, 4.69) is 51.9 Å². The van der Waals surface area contributed by atoms with Crippen LogP contribution in [-0.2, 0) is 17.8 Å². The average Bonchev–Trinajstić information content (AvgIpc) is 3.51. The van der Waals surface area contributed by atoms with Crippen LogP contribution in [0.2, 0.25) is 0 Å². The molecule has 2 heterocycles. The third-order valence-electron chi connectivity index (χ3n) is 6.74. The van der Waals surface area contributed by atoms with Gasteiger partial charge in [0.05, 0.1) is 12.7 Å². The van der Waals surface area contributed by atoms with E-state index < -0.39 is 5.97 Å². The number of nitrogens with one attached hydrogen (secondary N) is 2. The highest BCUT2D eigenvalue weighted by Gasteiger charge is 2.37. The van der Waals surface area contributed by atoms with Gasteiger partial charge >= 0.3 is 5.97 Å². The number of piperazine rings is 1. The zero-order valence-corrected chi connectivity index (χ0v) is 19.3. The van der Waals surface area contributed by atoms with Gasteiger partial charge in [-0.1, -0.05) is 42.5 Å². The molecular weight excluding hydrogens is 426 g/mol. The maximum absolute atomic E-state index is 12.6. The van der Waals surface area contributed by atoms with Gasteiger partial charge in [0.15, 0.2) is 0 Å². The minimum Gasteiger partial charge on any atom is -0.465 e. The zero-order chi connectivity index (χ0) is 23.5. The molecule has 2 N–H and O–H groups in total. The molecule has 2 bridgehead atoms. The SMILES string of the molecule is COC(=O)c1cccc(C(=O)NCc2cccc(-c3cccc(CN4C[C@@H]5C[C@H]4CN5)c3)c2)c1. The van der Waals surface area contributed by atoms with Crippen molar-refractivity contribution >= 4 is 11.9 Å². The molecule has 0 radical (unpaired) electrons. The van der Waals surface area contributed by atoms with E-state index >= 15 is 0 Å². The Labute approximate surface area is 199 Å². The van der Waals surface area contributed by atoms with Crippen molar-refractivity contribution in [1.29, 1.82) is 0 Å². The zero-order valence-electron chi connectivity index (χ0n) is 19.3. The lowest BCUT2D eigenvalue weighted by atomic mass is 10.0. The number of methoxy groups -OCH3 is 1. The first-order valence-corrected chi connectivity index (χ1v) is 11.7. The minimum absolute atomic E-state index is 0.229. The highest BCUT2D eigenvalue weighted by Crippen LogP contribution is 2.27. The number of carbonyl (C=O) groups is 2. The van der Waals surface area contributed by atoms with E-state index in [1.54, 1.807) is 24.3 Å². The summed E-state index contributed by atoms with van der Waals surface area (Å²) in [5.74, 6) is -0.689. The lowest BCUT2D eigenvalue weighted by molar-refractivity contribution is 0.0600. The summed E-state index contributed by atoms with van der Waals surface area (Å²) in [5.41, 5.74) is 5.44. The Balaban J connectivity index is 1.24. The van der Waals surface area contributed by atoms with Gasteiger partial charge in [-0.2, -0.15) is 0 Å². The van der Waals surface area contributed by atoms with Crippen LogP contribution in [0.25, 0.3) is 11.1 Å². The maximum atomic E-state index is 12.6. The van der Waals surface area contributed by atoms with Crippen LogP contribution < -0.4 is 10.6 Å². The lowest BCUT2D eigenvalue weighted by Crippen LogP contribution is -2.42. The molecule has 174 valence electrons. The van der Waals surface area contributed by atoms with Crippen LogP contribution in [-0.4, -0.2) is 49.1 Å². The van der Waals surface area contributed by atoms with E-state index in [-0.39, 0.29) is 5.91 Å². The molecule has 3 aromatic carbocycles. The van der Waals surface area contributed by atoms with Crippen molar-refractivity contribution in [2.75, 3.05) is 20.2 Å². The summed E-state index contributed by atoms with van der Waals surface area (Å²) < 4.78 is 4.74. The van der Waals surface area contributed by atoms with Gasteiger partial charge in [-0.05, 0) is 59.0 Å². The fourth-order valence-electron chi connectivity index (χ4n) is 4.98. The molecule has 2 aliphatic rings. The molecule has 0 aliphatic carbocycles. The Hall–Kier alpha value is -3.48. The van der Waals surface area contributed by atoms with E-state index in [9.17, 15) is 9.59 Å². The molecule has 6 nitrogen and oxygen atoms in total. The van der Waals surface area contributed by atoms with Crippen molar-refractivity contribution in [1.82, 2.24) is 15.5 Å². The van der Waals surface area contributed by atoms with Crippen LogP contribution in [0.15, 0.2) is 72.8 Å². The van der Waals surface area contributed by atoms with E-state index in [4.69, 9.17) is 4.74 Å². The quantitative estimate of drug-likeness (QED) is 0.533. The summed E-state index contributed by atoms with van der Waals surface area (Å²) in [5, 5.41) is 6.51. The summed E-state index contributed by atoms with van der Waals surface area (Å²) in [7, 11) is 1.32. The number of ether oxygens (including phenoxy) is 1. The van der Waals surface area contributed by atoms with Crippen molar-refractivity contribution in [2.24, 2.45) is 0 Å². The molecule has 1 amide bonds. The summed E-state index contributed by atoms with van der Waals surface area (Å²) in [6.07, 6.45) is 1.26. The third-order valence-corrected chi connectivity index (χ3v) is 6.74. The largest absolute Gasteiger partial charge is 0.465 e. The predicted molar refractivity (Wildman–Crippen MR) is 131 cm³/mol. The molecule has 34 heavy (non-hydrogen) atoms. The Kier molecular flexibility index (Phi) is 6.43. The number of likely N-dealkylation sites (tertiary alicyclic amines) is 1. The summed E-state index contributed by atoms with van der Waals surface area (Å²) in [6.45, 7) is 3.62. The second-order valence-corrected chi connectivity index (χ2v) is 9.08. The number of rotatable bonds is 7. The summed E-state index contributed by atoms with van der Waals surface area (Å²) in [4.78, 5) is 26.9. The molecule has 3 aromatic rings. The molecule has 0 spiro atoms. The molecule has 2 fully saturated rings. The van der Waals surface area contributed by atoms with Crippen LogP contribution in [0.4, 0.5) is 0 Å². The van der Waals surface area contributed by atoms with Crippen molar-refractivity contribution in [3.8, 4) is 11.1 Å². The molecule has 2 aliphatic heterocycles. The van der Waals surface area contributed by atoms with Crippen LogP contribution in [0.5, 0.6) is 0 Å². The lowest BCUT2D eigenvalue weighted by Gasteiger charge is -2.27. The fraction of sp³-hybridized carbons (Fsp3) is 0.286. The molecule has 0 aromatic heterocycles. The molecule has 0 unspecified atom stereocenters. The number of hydrogen-bond acceptors (Lipinski definition) is 5. The van der Waals surface area contributed by atoms with E-state index in [0.29, 0.717) is 29.8 Å². The normalized spacial score (nSPS) is 19.2. The molecule has 2 atom stereocenters. The monoisotopic (exact) mass is 455 g/mol. The topological polar surface area (TPSA) is 70.7 Å². The first-order valence-electron chi connectivity index (χ1n) is 11.7. The second kappa shape index (κ2) is 9.79. The van der Waals surface area contributed by atoms with Crippen LogP contribution in [0, 0.1) is 0 Å². The number of fused-ring (bicyclic) bond motifs is 2. The number of benzene rings is 3. The van der Waals surface area contributed by atoms with Gasteiger partial charge in [0, 0.05) is 43.8 Å². The number of amides is 1. The Morgan fingerprint density at radius 1 is 0.971 bits per heavy atom. The molecule has 6 heteroatoms. The van der Waals surface area contributed by atoms with Gasteiger partial charge in [-0.3, -0.25) is 9.69 Å². The smallest absolute Gasteiger partial charge is 0.337 e. The van der Waals surface area contributed by atoms with Crippen LogP contribution in [0.1, 0.15) is 38.3 Å². The van der Waals surface area contributed by atoms with Gasteiger partial charge in [0.2, 0.25) is 0 Å². The van der Waals surface area contributed by atoms with Crippen molar-refractivity contribution in [3.63, 3.8) is 0 Å². The number of esters is 1. The van der Waals surface area contributed by atoms with E-state index in [1.807, 2.05) is 12.1 Å². The number of nitrogens with zero attached hydrogens (tertiary/aromatic N) is 1. The molecular formula is C28H29N3O3. The molecule has 0 saturated carbocycles. The third kappa shape index (κ3) is 4.88. The Morgan fingerprint density at radius 2 is 1.68 bits per heavy atom. The van der Waals surface area contributed by atoms with Gasteiger partial charge in [-0.15, -0.1) is 0 Å². The van der Waals surface area contributed by atoms with Gasteiger partial charge in [0.25, 0.3) is 5.91 Å². The van der Waals surface area contributed by atoms with E-state index in [1.165, 1.54) is 24.7 Å². The molecule has 5 rings (SSSR count). The van der Waals surface area contributed by atoms with Crippen LogP contribution >= 0.6 is 0 Å². The average molecular weight is 456 g/mol. The highest BCUT2D eigenvalue weighted by molar-refractivity contribution is 5.97. The number of carbonyl (C=O) groups excluding carboxylic acids is 2. The first kappa shape index (κ1) is 22.3. The van der Waals surface area contributed by atoms with Crippen LogP contribution in [0.3, 0.4) is 0 Å². The van der Waals surface area contributed by atoms with Crippen molar-refractivity contribution in [2.45, 2.75) is 31.6 Å². The van der Waals surface area contributed by atoms with Crippen molar-refractivity contribution in [3.05, 3.63) is 95.1 Å². The second-order valence-electron chi connectivity index (χ2n) is 9.08. The summed E-state index contributed by atoms with van der Waals surface area (Å²) in [6, 6.07) is 24.8. The standard InChI is InChI=1S/C28H29N3O3/c1-34-28(33)24-10-4-9-23(13-24)27(32)30-15-19-5-2-7-21(11-19)22-8-3-6-20(12-22)17-31-18-25-14-26(31)16-29-25/h2-13,25-26,29H,14-18H2,1H3,(H,30,32)/t25-,26-/m0/s1. The summed E-state index contributed by atoms with van der Waals surface area (Å²) >= 11 is 0. The molecule has 2 saturated heterocycles. The number of hydrogen-bond donors (Lipinski definition) is 2. The van der Waals surface area contributed by atoms with Gasteiger partial charge < -0.3 is 15.4 Å². The Bertz CT molecular complexity index is 1210. The first-order chi connectivity index (χ1) is 16.6. The van der Waals surface area contributed by atoms with Crippen molar-refractivity contribution < 1.29 is 14.3 Å². The van der Waals surface area contributed by atoms with Gasteiger partial charge in [0.1, 0.15) is 0 Å². The predicted octanol–water partition coefficient (Wildman–Crippen LogP) is 3.62. The maximum Gasteiger partial charge on any atom is 0.337 e. The minimum atomic E-state index is -0.460. The highest BCUT2D eigenvalue weighted by atomic mass is 16.5.